The Morgan fingerprint density at radius 3 is 2.85 bits per heavy atom. The molecular weight excluding hydrogens is 256 g/mol. The normalized spacial score (nSPS) is 18.7. The molecule has 2 N–H and O–H groups in total. The second-order valence-corrected chi connectivity index (χ2v) is 5.36. The Balaban J connectivity index is 1.70. The molecule has 0 saturated heterocycles. The minimum atomic E-state index is -0.170. The molecular formula is C15H18N2O3. The van der Waals surface area contributed by atoms with Crippen LogP contribution in [-0.2, 0) is 4.79 Å². The summed E-state index contributed by atoms with van der Waals surface area (Å²) in [6.07, 6.45) is 5.75. The van der Waals surface area contributed by atoms with Crippen molar-refractivity contribution in [3.63, 3.8) is 0 Å². The van der Waals surface area contributed by atoms with Crippen molar-refractivity contribution in [3.8, 4) is 5.75 Å². The maximum atomic E-state index is 12.2. The number of ether oxygens (including phenoxy) is 1. The van der Waals surface area contributed by atoms with Gasteiger partial charge < -0.3 is 15.4 Å². The zero-order valence-electron chi connectivity index (χ0n) is 11.3. The molecule has 0 atom stereocenters. The largest absolute Gasteiger partial charge is 0.482 e. The monoisotopic (exact) mass is 274 g/mol. The number of fused-ring (bicyclic) bond motifs is 1. The first kappa shape index (κ1) is 13.0. The van der Waals surface area contributed by atoms with Gasteiger partial charge in [0.15, 0.2) is 6.61 Å². The van der Waals surface area contributed by atoms with Gasteiger partial charge in [-0.25, -0.2) is 0 Å². The summed E-state index contributed by atoms with van der Waals surface area (Å²) in [6, 6.07) is 5.40. The third kappa shape index (κ3) is 2.76. The molecule has 1 saturated carbocycles. The van der Waals surface area contributed by atoms with E-state index < -0.39 is 0 Å². The highest BCUT2D eigenvalue weighted by molar-refractivity contribution is 5.99. The number of carbonyl (C=O) groups excluding carboxylic acids is 2. The Labute approximate surface area is 117 Å². The van der Waals surface area contributed by atoms with E-state index in [1.807, 2.05) is 0 Å². The van der Waals surface area contributed by atoms with Crippen molar-refractivity contribution >= 4 is 17.5 Å². The molecule has 0 bridgehead atoms. The van der Waals surface area contributed by atoms with Crippen LogP contribution >= 0.6 is 0 Å². The van der Waals surface area contributed by atoms with Crippen molar-refractivity contribution in [1.82, 2.24) is 5.32 Å². The summed E-state index contributed by atoms with van der Waals surface area (Å²) >= 11 is 0. The molecule has 0 aromatic heterocycles. The predicted molar refractivity (Wildman–Crippen MR) is 74.9 cm³/mol. The molecule has 0 unspecified atom stereocenters. The van der Waals surface area contributed by atoms with Crippen LogP contribution in [0, 0.1) is 0 Å². The Hall–Kier alpha value is -2.04. The van der Waals surface area contributed by atoms with Crippen LogP contribution in [0.3, 0.4) is 0 Å². The molecule has 2 aliphatic rings. The van der Waals surface area contributed by atoms with Crippen LogP contribution in [0.25, 0.3) is 0 Å². The Bertz CT molecular complexity index is 536. The van der Waals surface area contributed by atoms with Gasteiger partial charge in [-0.15, -0.1) is 0 Å². The van der Waals surface area contributed by atoms with E-state index in [2.05, 4.69) is 10.6 Å². The van der Waals surface area contributed by atoms with Gasteiger partial charge in [0.1, 0.15) is 5.75 Å². The molecule has 5 heteroatoms. The lowest BCUT2D eigenvalue weighted by Crippen LogP contribution is -2.36. The lowest BCUT2D eigenvalue weighted by atomic mass is 9.95. The van der Waals surface area contributed by atoms with Gasteiger partial charge in [0.25, 0.3) is 11.8 Å². The van der Waals surface area contributed by atoms with Crippen molar-refractivity contribution in [2.75, 3.05) is 11.9 Å². The number of carbonyl (C=O) groups is 2. The Morgan fingerprint density at radius 1 is 1.25 bits per heavy atom. The lowest BCUT2D eigenvalue weighted by molar-refractivity contribution is -0.118. The number of nitrogens with one attached hydrogen (secondary N) is 2. The van der Waals surface area contributed by atoms with Crippen LogP contribution in [0.2, 0.25) is 0 Å². The number of hydrogen-bond donors (Lipinski definition) is 2. The van der Waals surface area contributed by atoms with E-state index in [0.717, 1.165) is 12.8 Å². The van der Waals surface area contributed by atoms with Crippen LogP contribution in [-0.4, -0.2) is 24.5 Å². The minimum Gasteiger partial charge on any atom is -0.482 e. The van der Waals surface area contributed by atoms with Crippen LogP contribution in [0.1, 0.15) is 42.5 Å². The minimum absolute atomic E-state index is 0.000692. The number of amides is 2. The zero-order valence-corrected chi connectivity index (χ0v) is 11.3. The quantitative estimate of drug-likeness (QED) is 0.867. The average molecular weight is 274 g/mol. The molecule has 0 spiro atoms. The predicted octanol–water partition coefficient (Wildman–Crippen LogP) is 2.08. The second kappa shape index (κ2) is 5.53. The van der Waals surface area contributed by atoms with Crippen molar-refractivity contribution in [1.29, 1.82) is 0 Å². The summed E-state index contributed by atoms with van der Waals surface area (Å²) in [7, 11) is 0. The third-order valence-electron chi connectivity index (χ3n) is 3.82. The van der Waals surface area contributed by atoms with Crippen LogP contribution in [0.15, 0.2) is 18.2 Å². The van der Waals surface area contributed by atoms with Crippen molar-refractivity contribution in [2.24, 2.45) is 0 Å². The maximum Gasteiger partial charge on any atom is 0.262 e. The standard InChI is InChI=1S/C15H18N2O3/c18-14-9-20-13-8-10(6-7-12(13)17-14)15(19)16-11-4-2-1-3-5-11/h6-8,11H,1-5,9H2,(H,16,19)(H,17,18). The summed E-state index contributed by atoms with van der Waals surface area (Å²) in [5, 5.41) is 5.78. The summed E-state index contributed by atoms with van der Waals surface area (Å²) in [4.78, 5) is 23.4. The number of hydrogen-bond acceptors (Lipinski definition) is 3. The van der Waals surface area contributed by atoms with Crippen LogP contribution in [0.4, 0.5) is 5.69 Å². The molecule has 1 aliphatic carbocycles. The first-order valence-electron chi connectivity index (χ1n) is 7.10. The number of benzene rings is 1. The first-order chi connectivity index (χ1) is 9.72. The molecule has 0 radical (unpaired) electrons. The van der Waals surface area contributed by atoms with Gasteiger partial charge >= 0.3 is 0 Å². The highest BCUT2D eigenvalue weighted by Crippen LogP contribution is 2.28. The number of rotatable bonds is 2. The fourth-order valence-electron chi connectivity index (χ4n) is 2.73. The van der Waals surface area contributed by atoms with Crippen molar-refractivity contribution in [2.45, 2.75) is 38.1 Å². The summed E-state index contributed by atoms with van der Waals surface area (Å²) in [5.74, 6) is 0.318. The topological polar surface area (TPSA) is 67.4 Å². The molecule has 106 valence electrons. The van der Waals surface area contributed by atoms with E-state index in [9.17, 15) is 9.59 Å². The Kier molecular flexibility index (Phi) is 3.58. The number of anilines is 1. The smallest absolute Gasteiger partial charge is 0.262 e. The molecule has 1 fully saturated rings. The van der Waals surface area contributed by atoms with E-state index in [-0.39, 0.29) is 24.5 Å². The lowest BCUT2D eigenvalue weighted by Gasteiger charge is -2.23. The Morgan fingerprint density at radius 2 is 2.05 bits per heavy atom. The zero-order chi connectivity index (χ0) is 13.9. The molecule has 5 nitrogen and oxygen atoms in total. The van der Waals surface area contributed by atoms with Gasteiger partial charge in [-0.1, -0.05) is 19.3 Å². The van der Waals surface area contributed by atoms with E-state index in [4.69, 9.17) is 4.74 Å². The summed E-state index contributed by atoms with van der Waals surface area (Å²) < 4.78 is 5.32. The van der Waals surface area contributed by atoms with E-state index in [1.165, 1.54) is 19.3 Å². The summed E-state index contributed by atoms with van der Waals surface area (Å²) in [6.45, 7) is 0.000692. The van der Waals surface area contributed by atoms with Gasteiger partial charge in [-0.05, 0) is 31.0 Å². The molecule has 1 aromatic carbocycles. The summed E-state index contributed by atoms with van der Waals surface area (Å²) in [5.41, 5.74) is 1.20. The van der Waals surface area contributed by atoms with Gasteiger partial charge in [-0.2, -0.15) is 0 Å². The molecule has 3 rings (SSSR count). The van der Waals surface area contributed by atoms with E-state index >= 15 is 0 Å². The van der Waals surface area contributed by atoms with Crippen LogP contribution in [0.5, 0.6) is 5.75 Å². The highest BCUT2D eigenvalue weighted by Gasteiger charge is 2.20. The van der Waals surface area contributed by atoms with E-state index in [1.54, 1.807) is 18.2 Å². The second-order valence-electron chi connectivity index (χ2n) is 5.36. The molecule has 20 heavy (non-hydrogen) atoms. The highest BCUT2D eigenvalue weighted by atomic mass is 16.5. The molecule has 2 amide bonds. The molecule has 1 aliphatic heterocycles. The van der Waals surface area contributed by atoms with Crippen LogP contribution < -0.4 is 15.4 Å². The molecule has 1 heterocycles. The van der Waals surface area contributed by atoms with Gasteiger partial charge in [0.05, 0.1) is 5.69 Å². The average Bonchev–Trinajstić information content (AvgIpc) is 2.47. The van der Waals surface area contributed by atoms with E-state index in [0.29, 0.717) is 17.0 Å². The van der Waals surface area contributed by atoms with Crippen molar-refractivity contribution in [3.05, 3.63) is 23.8 Å². The fraction of sp³-hybridized carbons (Fsp3) is 0.467. The maximum absolute atomic E-state index is 12.2. The SMILES string of the molecule is O=C1COc2cc(C(=O)NC3CCCCC3)ccc2N1. The third-order valence-corrected chi connectivity index (χ3v) is 3.82. The van der Waals surface area contributed by atoms with Crippen molar-refractivity contribution < 1.29 is 14.3 Å². The van der Waals surface area contributed by atoms with Gasteiger partial charge in [-0.3, -0.25) is 9.59 Å². The fourth-order valence-corrected chi connectivity index (χ4v) is 2.73. The van der Waals surface area contributed by atoms with Gasteiger partial charge in [0.2, 0.25) is 0 Å². The first-order valence-corrected chi connectivity index (χ1v) is 7.10. The molecule has 1 aromatic rings. The van der Waals surface area contributed by atoms with Gasteiger partial charge in [0, 0.05) is 11.6 Å².